The first-order valence-electron chi connectivity index (χ1n) is 5.83. The predicted octanol–water partition coefficient (Wildman–Crippen LogP) is 2.29. The molecule has 96 valence electrons. The molecule has 1 aromatic heterocycles. The minimum atomic E-state index is -0.126. The molecule has 0 aromatic carbocycles. The van der Waals surface area contributed by atoms with E-state index in [4.69, 9.17) is 4.74 Å². The summed E-state index contributed by atoms with van der Waals surface area (Å²) in [6, 6.07) is 0.359. The molecule has 1 rings (SSSR count). The van der Waals surface area contributed by atoms with Gasteiger partial charge in [-0.2, -0.15) is 0 Å². The minimum Gasteiger partial charge on any atom is -0.466 e. The molecule has 17 heavy (non-hydrogen) atoms. The topological polar surface area (TPSA) is 57.0 Å². The fourth-order valence-corrected chi connectivity index (χ4v) is 2.29. The maximum Gasteiger partial charge on any atom is 0.305 e. The van der Waals surface area contributed by atoms with Crippen LogP contribution in [-0.4, -0.2) is 33.1 Å². The SMILES string of the molecule is CCOC(=O)CCCSc1nncn1C(C)C. The summed E-state index contributed by atoms with van der Waals surface area (Å²) < 4.78 is 6.88. The van der Waals surface area contributed by atoms with Crippen LogP contribution in [-0.2, 0) is 9.53 Å². The Balaban J connectivity index is 2.26. The number of aromatic nitrogens is 3. The molecule has 0 bridgehead atoms. The van der Waals surface area contributed by atoms with Crippen LogP contribution < -0.4 is 0 Å². The van der Waals surface area contributed by atoms with Crippen molar-refractivity contribution in [2.75, 3.05) is 12.4 Å². The number of carbonyl (C=O) groups excluding carboxylic acids is 1. The first-order valence-corrected chi connectivity index (χ1v) is 6.81. The van der Waals surface area contributed by atoms with Crippen molar-refractivity contribution in [2.24, 2.45) is 0 Å². The van der Waals surface area contributed by atoms with Gasteiger partial charge in [0.1, 0.15) is 6.33 Å². The molecule has 0 fully saturated rings. The highest BCUT2D eigenvalue weighted by atomic mass is 32.2. The van der Waals surface area contributed by atoms with E-state index >= 15 is 0 Å². The van der Waals surface area contributed by atoms with Gasteiger partial charge in [-0.15, -0.1) is 10.2 Å². The van der Waals surface area contributed by atoms with E-state index in [9.17, 15) is 4.79 Å². The van der Waals surface area contributed by atoms with E-state index in [1.165, 1.54) is 0 Å². The van der Waals surface area contributed by atoms with Crippen LogP contribution in [0, 0.1) is 0 Å². The summed E-state index contributed by atoms with van der Waals surface area (Å²) >= 11 is 1.62. The van der Waals surface area contributed by atoms with Crippen LogP contribution in [0.15, 0.2) is 11.5 Å². The number of thioether (sulfide) groups is 1. The maximum absolute atomic E-state index is 11.1. The van der Waals surface area contributed by atoms with Gasteiger partial charge in [-0.1, -0.05) is 11.8 Å². The van der Waals surface area contributed by atoms with Crippen molar-refractivity contribution >= 4 is 17.7 Å². The van der Waals surface area contributed by atoms with Crippen LogP contribution in [0.1, 0.15) is 39.7 Å². The molecule has 0 saturated carbocycles. The first-order chi connectivity index (χ1) is 8.15. The van der Waals surface area contributed by atoms with E-state index < -0.39 is 0 Å². The molecular formula is C11H19N3O2S. The Hall–Kier alpha value is -1.04. The molecule has 0 saturated heterocycles. The van der Waals surface area contributed by atoms with Crippen molar-refractivity contribution in [3.8, 4) is 0 Å². The molecule has 1 heterocycles. The minimum absolute atomic E-state index is 0.126. The van der Waals surface area contributed by atoms with Gasteiger partial charge in [0.05, 0.1) is 6.61 Å². The molecule has 0 radical (unpaired) electrons. The highest BCUT2D eigenvalue weighted by molar-refractivity contribution is 7.99. The Labute approximate surface area is 106 Å². The Bertz CT molecular complexity index is 352. The third-order valence-electron chi connectivity index (χ3n) is 2.16. The van der Waals surface area contributed by atoms with Gasteiger partial charge in [0.2, 0.25) is 0 Å². The second-order valence-corrected chi connectivity index (χ2v) is 4.93. The summed E-state index contributed by atoms with van der Waals surface area (Å²) in [6.07, 6.45) is 3.00. The Morgan fingerprint density at radius 3 is 3.00 bits per heavy atom. The Kier molecular flexibility index (Phi) is 6.04. The number of esters is 1. The van der Waals surface area contributed by atoms with Crippen LogP contribution in [0.5, 0.6) is 0 Å². The summed E-state index contributed by atoms with van der Waals surface area (Å²) in [7, 11) is 0. The molecule has 0 aliphatic heterocycles. The van der Waals surface area contributed by atoms with E-state index in [1.54, 1.807) is 18.1 Å². The van der Waals surface area contributed by atoms with Crippen LogP contribution in [0.2, 0.25) is 0 Å². The van der Waals surface area contributed by atoms with Crippen molar-refractivity contribution in [2.45, 2.75) is 44.8 Å². The first kappa shape index (κ1) is 14.0. The number of rotatable bonds is 7. The zero-order valence-electron chi connectivity index (χ0n) is 10.5. The van der Waals surface area contributed by atoms with Gasteiger partial charge in [0, 0.05) is 18.2 Å². The second kappa shape index (κ2) is 7.32. The molecule has 0 amide bonds. The van der Waals surface area contributed by atoms with Crippen molar-refractivity contribution in [1.82, 2.24) is 14.8 Å². The van der Waals surface area contributed by atoms with Gasteiger partial charge in [0.25, 0.3) is 0 Å². The van der Waals surface area contributed by atoms with Crippen molar-refractivity contribution < 1.29 is 9.53 Å². The summed E-state index contributed by atoms with van der Waals surface area (Å²) in [5.41, 5.74) is 0. The molecule has 0 spiro atoms. The van der Waals surface area contributed by atoms with E-state index in [-0.39, 0.29) is 5.97 Å². The third kappa shape index (κ3) is 4.77. The highest BCUT2D eigenvalue weighted by Crippen LogP contribution is 2.19. The van der Waals surface area contributed by atoms with Crippen LogP contribution in [0.4, 0.5) is 0 Å². The van der Waals surface area contributed by atoms with Gasteiger partial charge in [-0.05, 0) is 27.2 Å². The van der Waals surface area contributed by atoms with E-state index in [2.05, 4.69) is 24.0 Å². The molecule has 0 atom stereocenters. The smallest absolute Gasteiger partial charge is 0.305 e. The van der Waals surface area contributed by atoms with Crippen molar-refractivity contribution in [3.05, 3.63) is 6.33 Å². The lowest BCUT2D eigenvalue weighted by Gasteiger charge is -2.08. The third-order valence-corrected chi connectivity index (χ3v) is 3.20. The Morgan fingerprint density at radius 2 is 2.35 bits per heavy atom. The van der Waals surface area contributed by atoms with E-state index in [0.717, 1.165) is 17.3 Å². The molecule has 0 aliphatic rings. The number of ether oxygens (including phenoxy) is 1. The highest BCUT2D eigenvalue weighted by Gasteiger charge is 2.08. The number of carbonyl (C=O) groups is 1. The number of hydrogen-bond acceptors (Lipinski definition) is 5. The van der Waals surface area contributed by atoms with Crippen LogP contribution in [0.3, 0.4) is 0 Å². The predicted molar refractivity (Wildman–Crippen MR) is 67.0 cm³/mol. The normalized spacial score (nSPS) is 10.8. The summed E-state index contributed by atoms with van der Waals surface area (Å²) in [5, 5.41) is 8.84. The molecular weight excluding hydrogens is 238 g/mol. The molecule has 1 aromatic rings. The average Bonchev–Trinajstić information content (AvgIpc) is 2.73. The summed E-state index contributed by atoms with van der Waals surface area (Å²) in [6.45, 7) is 6.45. The average molecular weight is 257 g/mol. The quantitative estimate of drug-likeness (QED) is 0.426. The van der Waals surface area contributed by atoms with E-state index in [1.807, 2.05) is 11.5 Å². The zero-order chi connectivity index (χ0) is 12.7. The van der Waals surface area contributed by atoms with Gasteiger partial charge in [0.15, 0.2) is 5.16 Å². The number of nitrogens with zero attached hydrogens (tertiary/aromatic N) is 3. The maximum atomic E-state index is 11.1. The van der Waals surface area contributed by atoms with Gasteiger partial charge < -0.3 is 9.30 Å². The molecule has 0 unspecified atom stereocenters. The summed E-state index contributed by atoms with van der Waals surface area (Å²) in [5.74, 6) is 0.725. The lowest BCUT2D eigenvalue weighted by Crippen LogP contribution is -2.04. The molecule has 0 aliphatic carbocycles. The van der Waals surface area contributed by atoms with E-state index in [0.29, 0.717) is 19.1 Å². The second-order valence-electron chi connectivity index (χ2n) is 3.87. The fraction of sp³-hybridized carbons (Fsp3) is 0.727. The lowest BCUT2D eigenvalue weighted by molar-refractivity contribution is -0.143. The lowest BCUT2D eigenvalue weighted by atomic mass is 10.3. The largest absolute Gasteiger partial charge is 0.466 e. The number of hydrogen-bond donors (Lipinski definition) is 0. The molecule has 5 nitrogen and oxygen atoms in total. The monoisotopic (exact) mass is 257 g/mol. The standard InChI is InChI=1S/C11H19N3O2S/c1-4-16-10(15)6-5-7-17-11-13-12-8-14(11)9(2)3/h8-9H,4-7H2,1-3H3. The fourth-order valence-electron chi connectivity index (χ4n) is 1.30. The Morgan fingerprint density at radius 1 is 1.59 bits per heavy atom. The summed E-state index contributed by atoms with van der Waals surface area (Å²) in [4.78, 5) is 11.1. The van der Waals surface area contributed by atoms with Gasteiger partial charge in [-0.3, -0.25) is 4.79 Å². The molecule has 0 N–H and O–H groups in total. The van der Waals surface area contributed by atoms with Gasteiger partial charge >= 0.3 is 5.97 Å². The van der Waals surface area contributed by atoms with Crippen LogP contribution in [0.25, 0.3) is 0 Å². The van der Waals surface area contributed by atoms with Crippen molar-refractivity contribution in [1.29, 1.82) is 0 Å². The zero-order valence-corrected chi connectivity index (χ0v) is 11.4. The van der Waals surface area contributed by atoms with Crippen molar-refractivity contribution in [3.63, 3.8) is 0 Å². The van der Waals surface area contributed by atoms with Crippen LogP contribution >= 0.6 is 11.8 Å². The molecule has 6 heteroatoms. The van der Waals surface area contributed by atoms with Gasteiger partial charge in [-0.25, -0.2) is 0 Å².